The molecular weight excluding hydrogens is 440 g/mol. The number of fused-ring (bicyclic) bond motifs is 1. The Kier molecular flexibility index (Phi) is 8.19. The van der Waals surface area contributed by atoms with Crippen molar-refractivity contribution < 1.29 is 24.5 Å². The second kappa shape index (κ2) is 11.1. The molecule has 0 radical (unpaired) electrons. The van der Waals surface area contributed by atoms with E-state index in [1.165, 1.54) is 17.3 Å². The summed E-state index contributed by atoms with van der Waals surface area (Å²) in [5.74, 6) is -0.649. The third-order valence-electron chi connectivity index (χ3n) is 5.15. The molecule has 0 aromatic heterocycles. The number of carbonyl (C=O) groups is 2. The monoisotopic (exact) mass is 468 g/mol. The van der Waals surface area contributed by atoms with Crippen LogP contribution in [-0.4, -0.2) is 47.0 Å². The van der Waals surface area contributed by atoms with Crippen molar-refractivity contribution in [1.29, 1.82) is 0 Å². The molecule has 174 valence electrons. The number of benzene rings is 3. The summed E-state index contributed by atoms with van der Waals surface area (Å²) in [6, 6.07) is 13.7. The number of rotatable bonds is 10. The standard InChI is InChI=1S/C25H28N2O5S/c1-15-8-9-21(16(2)12-15)32-11-5-10-27-24(29)19-13-22(33-14-20(26)25(30)31)17-6-3-4-7-18(17)23(19)28/h3-4,6-9,12-13,20,28H,5,10-11,14,26H2,1-2H3,(H,27,29)(H,30,31). The largest absolute Gasteiger partial charge is 0.506 e. The zero-order valence-electron chi connectivity index (χ0n) is 18.6. The second-order valence-corrected chi connectivity index (χ2v) is 8.86. The number of thioether (sulfide) groups is 1. The number of aromatic hydroxyl groups is 1. The van der Waals surface area contributed by atoms with Crippen LogP contribution < -0.4 is 15.8 Å². The number of hydrogen-bond acceptors (Lipinski definition) is 6. The van der Waals surface area contributed by atoms with E-state index in [4.69, 9.17) is 15.6 Å². The van der Waals surface area contributed by atoms with Crippen molar-refractivity contribution in [2.45, 2.75) is 31.2 Å². The molecule has 33 heavy (non-hydrogen) atoms. The summed E-state index contributed by atoms with van der Waals surface area (Å²) in [5.41, 5.74) is 8.00. The summed E-state index contributed by atoms with van der Waals surface area (Å²) in [4.78, 5) is 24.5. The van der Waals surface area contributed by atoms with E-state index < -0.39 is 17.9 Å². The van der Waals surface area contributed by atoms with Gasteiger partial charge in [0.2, 0.25) is 0 Å². The Morgan fingerprint density at radius 2 is 1.85 bits per heavy atom. The molecule has 1 unspecified atom stereocenters. The van der Waals surface area contributed by atoms with Gasteiger partial charge in [0, 0.05) is 22.6 Å². The predicted molar refractivity (Wildman–Crippen MR) is 130 cm³/mol. The third-order valence-corrected chi connectivity index (χ3v) is 6.33. The zero-order chi connectivity index (χ0) is 24.0. The summed E-state index contributed by atoms with van der Waals surface area (Å²) in [7, 11) is 0. The highest BCUT2D eigenvalue weighted by atomic mass is 32.2. The lowest BCUT2D eigenvalue weighted by Gasteiger charge is -2.14. The average molecular weight is 469 g/mol. The maximum Gasteiger partial charge on any atom is 0.321 e. The predicted octanol–water partition coefficient (Wildman–Crippen LogP) is 3.87. The number of ether oxygens (including phenoxy) is 1. The molecule has 3 rings (SSSR count). The van der Waals surface area contributed by atoms with Crippen molar-refractivity contribution in [3.63, 3.8) is 0 Å². The Morgan fingerprint density at radius 3 is 2.55 bits per heavy atom. The van der Waals surface area contributed by atoms with Crippen LogP contribution in [0.15, 0.2) is 53.4 Å². The van der Waals surface area contributed by atoms with Gasteiger partial charge in [-0.05, 0) is 43.4 Å². The first kappa shape index (κ1) is 24.4. The van der Waals surface area contributed by atoms with Crippen LogP contribution in [0, 0.1) is 13.8 Å². The molecule has 3 aromatic rings. The van der Waals surface area contributed by atoms with Gasteiger partial charge < -0.3 is 26.0 Å². The van der Waals surface area contributed by atoms with Crippen LogP contribution in [0.4, 0.5) is 0 Å². The second-order valence-electron chi connectivity index (χ2n) is 7.80. The van der Waals surface area contributed by atoms with Gasteiger partial charge in [0.05, 0.1) is 12.2 Å². The van der Waals surface area contributed by atoms with Crippen LogP contribution in [0.3, 0.4) is 0 Å². The van der Waals surface area contributed by atoms with Crippen molar-refractivity contribution in [2.75, 3.05) is 18.9 Å². The van der Waals surface area contributed by atoms with Gasteiger partial charge in [-0.2, -0.15) is 0 Å². The van der Waals surface area contributed by atoms with Crippen molar-refractivity contribution in [3.05, 3.63) is 65.2 Å². The fourth-order valence-electron chi connectivity index (χ4n) is 3.38. The molecule has 0 spiro atoms. The lowest BCUT2D eigenvalue weighted by atomic mass is 10.0. The average Bonchev–Trinajstić information content (AvgIpc) is 2.79. The molecule has 0 aliphatic heterocycles. The maximum absolute atomic E-state index is 12.8. The van der Waals surface area contributed by atoms with E-state index in [9.17, 15) is 14.7 Å². The minimum absolute atomic E-state index is 0.110. The van der Waals surface area contributed by atoms with Gasteiger partial charge in [-0.3, -0.25) is 9.59 Å². The van der Waals surface area contributed by atoms with E-state index in [2.05, 4.69) is 11.4 Å². The van der Waals surface area contributed by atoms with Crippen LogP contribution in [-0.2, 0) is 4.79 Å². The Balaban J connectivity index is 1.65. The molecule has 8 heteroatoms. The van der Waals surface area contributed by atoms with Crippen molar-refractivity contribution in [1.82, 2.24) is 5.32 Å². The van der Waals surface area contributed by atoms with Crippen molar-refractivity contribution >= 4 is 34.4 Å². The minimum atomic E-state index is -1.09. The van der Waals surface area contributed by atoms with Crippen LogP contribution >= 0.6 is 11.8 Å². The van der Waals surface area contributed by atoms with Crippen LogP contribution in [0.25, 0.3) is 10.8 Å². The van der Waals surface area contributed by atoms with E-state index in [0.717, 1.165) is 16.7 Å². The van der Waals surface area contributed by atoms with Gasteiger partial charge in [0.1, 0.15) is 17.5 Å². The highest BCUT2D eigenvalue weighted by Crippen LogP contribution is 2.36. The first-order valence-corrected chi connectivity index (χ1v) is 11.6. The van der Waals surface area contributed by atoms with Crippen LogP contribution in [0.1, 0.15) is 27.9 Å². The zero-order valence-corrected chi connectivity index (χ0v) is 19.4. The smallest absolute Gasteiger partial charge is 0.321 e. The SMILES string of the molecule is Cc1ccc(OCCCNC(=O)c2cc(SCC(N)C(=O)O)c3ccccc3c2O)c(C)c1. The summed E-state index contributed by atoms with van der Waals surface area (Å²) in [6.45, 7) is 4.84. The molecule has 0 aliphatic rings. The quantitative estimate of drug-likeness (QED) is 0.263. The number of carbonyl (C=O) groups excluding carboxylic acids is 1. The molecule has 0 saturated heterocycles. The number of nitrogens with one attached hydrogen (secondary N) is 1. The minimum Gasteiger partial charge on any atom is -0.506 e. The maximum atomic E-state index is 12.8. The molecule has 0 heterocycles. The fraction of sp³-hybridized carbons (Fsp3) is 0.280. The molecule has 0 bridgehead atoms. The number of phenolic OH excluding ortho intramolecular Hbond substituents is 1. The van der Waals surface area contributed by atoms with E-state index in [1.807, 2.05) is 38.1 Å². The molecule has 0 aliphatic carbocycles. The number of phenols is 1. The number of carboxylic acids is 1. The number of aryl methyl sites for hydroxylation is 2. The molecule has 3 aromatic carbocycles. The van der Waals surface area contributed by atoms with Gasteiger partial charge in [-0.25, -0.2) is 0 Å². The number of amides is 1. The van der Waals surface area contributed by atoms with Gasteiger partial charge in [-0.15, -0.1) is 11.8 Å². The van der Waals surface area contributed by atoms with Crippen LogP contribution in [0.2, 0.25) is 0 Å². The molecule has 0 fully saturated rings. The lowest BCUT2D eigenvalue weighted by Crippen LogP contribution is -2.32. The van der Waals surface area contributed by atoms with Gasteiger partial charge in [-0.1, -0.05) is 42.0 Å². The number of nitrogens with two attached hydrogens (primary N) is 1. The van der Waals surface area contributed by atoms with Crippen molar-refractivity contribution in [3.8, 4) is 11.5 Å². The Labute approximate surface area is 196 Å². The molecule has 5 N–H and O–H groups in total. The van der Waals surface area contributed by atoms with E-state index >= 15 is 0 Å². The summed E-state index contributed by atoms with van der Waals surface area (Å²) in [6.07, 6.45) is 0.600. The van der Waals surface area contributed by atoms with Gasteiger partial charge >= 0.3 is 5.97 Å². The Morgan fingerprint density at radius 1 is 1.12 bits per heavy atom. The Hall–Kier alpha value is -3.23. The Bertz CT molecular complexity index is 1160. The third kappa shape index (κ3) is 6.18. The van der Waals surface area contributed by atoms with Gasteiger partial charge in [0.15, 0.2) is 0 Å². The highest BCUT2D eigenvalue weighted by molar-refractivity contribution is 7.99. The van der Waals surface area contributed by atoms with E-state index in [0.29, 0.717) is 29.9 Å². The van der Waals surface area contributed by atoms with Crippen LogP contribution in [0.5, 0.6) is 11.5 Å². The first-order chi connectivity index (χ1) is 15.8. The molecule has 7 nitrogen and oxygen atoms in total. The number of hydrogen-bond donors (Lipinski definition) is 4. The lowest BCUT2D eigenvalue weighted by molar-refractivity contribution is -0.137. The normalized spacial score (nSPS) is 11.8. The molecular formula is C25H28N2O5S. The number of aliphatic carboxylic acids is 1. The summed E-state index contributed by atoms with van der Waals surface area (Å²) in [5, 5.41) is 23.8. The topological polar surface area (TPSA) is 122 Å². The van der Waals surface area contributed by atoms with Crippen molar-refractivity contribution in [2.24, 2.45) is 5.73 Å². The van der Waals surface area contributed by atoms with E-state index in [-0.39, 0.29) is 17.1 Å². The highest BCUT2D eigenvalue weighted by Gasteiger charge is 2.19. The van der Waals surface area contributed by atoms with E-state index in [1.54, 1.807) is 18.2 Å². The summed E-state index contributed by atoms with van der Waals surface area (Å²) < 4.78 is 5.79. The van der Waals surface area contributed by atoms with Gasteiger partial charge in [0.25, 0.3) is 5.91 Å². The molecule has 1 amide bonds. The first-order valence-electron chi connectivity index (χ1n) is 10.6. The fourth-order valence-corrected chi connectivity index (χ4v) is 4.42. The number of carboxylic acid groups (broad SMARTS) is 1. The summed E-state index contributed by atoms with van der Waals surface area (Å²) >= 11 is 1.24. The molecule has 1 atom stereocenters. The molecule has 0 saturated carbocycles.